The van der Waals surface area contributed by atoms with Gasteiger partial charge in [0.15, 0.2) is 0 Å². The molecule has 0 bridgehead atoms. The highest BCUT2D eigenvalue weighted by Gasteiger charge is 2.19. The Hall–Kier alpha value is -1.86. The molecule has 0 atom stereocenters. The van der Waals surface area contributed by atoms with E-state index in [-0.39, 0.29) is 22.9 Å². The Morgan fingerprint density at radius 2 is 2.10 bits per heavy atom. The van der Waals surface area contributed by atoms with Crippen molar-refractivity contribution in [2.75, 3.05) is 26.1 Å². The Morgan fingerprint density at radius 1 is 1.45 bits per heavy atom. The fourth-order valence-electron chi connectivity index (χ4n) is 1.34. The molecule has 110 valence electrons. The molecule has 0 unspecified atom stereocenters. The highest BCUT2D eigenvalue weighted by atomic mass is 35.5. The van der Waals surface area contributed by atoms with Gasteiger partial charge >= 0.3 is 6.09 Å². The molecule has 20 heavy (non-hydrogen) atoms. The van der Waals surface area contributed by atoms with E-state index in [0.717, 1.165) is 17.2 Å². The Balaban J connectivity index is 3.09. The monoisotopic (exact) mass is 304 g/mol. The second-order valence-electron chi connectivity index (χ2n) is 3.64. The first kappa shape index (κ1) is 16.2. The molecule has 0 fully saturated rings. The average molecular weight is 305 g/mol. The molecule has 6 nitrogen and oxygen atoms in total. The number of benzene rings is 1. The summed E-state index contributed by atoms with van der Waals surface area (Å²) >= 11 is 5.81. The molecule has 0 aliphatic heterocycles. The van der Waals surface area contributed by atoms with Crippen LogP contribution < -0.4 is 5.32 Å². The molecule has 0 saturated heterocycles. The van der Waals surface area contributed by atoms with Gasteiger partial charge in [-0.2, -0.15) is 0 Å². The van der Waals surface area contributed by atoms with E-state index >= 15 is 0 Å². The molecule has 0 radical (unpaired) electrons. The number of carbonyl (C=O) groups is 2. The summed E-state index contributed by atoms with van der Waals surface area (Å²) in [5.74, 6) is -1.36. The Labute approximate surface area is 120 Å². The fourth-order valence-corrected chi connectivity index (χ4v) is 1.57. The summed E-state index contributed by atoms with van der Waals surface area (Å²) < 4.78 is 18.3. The summed E-state index contributed by atoms with van der Waals surface area (Å²) in [5.41, 5.74) is -0.218. The van der Waals surface area contributed by atoms with Gasteiger partial charge in [0.05, 0.1) is 30.0 Å². The molecule has 0 spiro atoms. The van der Waals surface area contributed by atoms with Crippen LogP contribution in [0.1, 0.15) is 17.3 Å². The van der Waals surface area contributed by atoms with Crippen LogP contribution in [-0.4, -0.2) is 37.8 Å². The van der Waals surface area contributed by atoms with Crippen LogP contribution in [-0.2, 0) is 9.57 Å². The summed E-state index contributed by atoms with van der Waals surface area (Å²) in [5, 5.41) is 3.02. The van der Waals surface area contributed by atoms with Crippen molar-refractivity contribution in [2.45, 2.75) is 6.92 Å². The van der Waals surface area contributed by atoms with Crippen molar-refractivity contribution in [2.24, 2.45) is 0 Å². The molecule has 1 aromatic rings. The lowest BCUT2D eigenvalue weighted by atomic mass is 10.1. The summed E-state index contributed by atoms with van der Waals surface area (Å²) in [6.07, 6.45) is -0.827. The minimum absolute atomic E-state index is 0.00999. The first-order valence-corrected chi connectivity index (χ1v) is 6.03. The zero-order valence-corrected chi connectivity index (χ0v) is 12.0. The molecule has 0 heterocycles. The molecule has 0 aliphatic rings. The van der Waals surface area contributed by atoms with Crippen LogP contribution >= 0.6 is 11.6 Å². The van der Waals surface area contributed by atoms with Gasteiger partial charge in [0.1, 0.15) is 5.82 Å². The Morgan fingerprint density at radius 3 is 2.65 bits per heavy atom. The first-order valence-electron chi connectivity index (χ1n) is 5.65. The molecular formula is C12H14ClFN2O4. The van der Waals surface area contributed by atoms with Gasteiger partial charge in [-0.15, -0.1) is 0 Å². The number of hydrogen-bond donors (Lipinski definition) is 1. The molecular weight excluding hydrogens is 291 g/mol. The maximum Gasteiger partial charge on any atom is 0.411 e. The molecule has 8 heteroatoms. The van der Waals surface area contributed by atoms with Crippen molar-refractivity contribution in [3.05, 3.63) is 28.5 Å². The Bertz CT molecular complexity index is 524. The van der Waals surface area contributed by atoms with Gasteiger partial charge in [-0.05, 0) is 19.1 Å². The van der Waals surface area contributed by atoms with Crippen molar-refractivity contribution in [3.8, 4) is 0 Å². The van der Waals surface area contributed by atoms with Crippen LogP contribution in [0.5, 0.6) is 0 Å². The summed E-state index contributed by atoms with van der Waals surface area (Å²) in [4.78, 5) is 27.9. The van der Waals surface area contributed by atoms with E-state index < -0.39 is 17.8 Å². The zero-order chi connectivity index (χ0) is 15.3. The minimum atomic E-state index is -0.827. The fraction of sp³-hybridized carbons (Fsp3) is 0.333. The van der Waals surface area contributed by atoms with E-state index in [9.17, 15) is 14.0 Å². The molecule has 0 saturated carbocycles. The number of hydroxylamine groups is 2. The number of amides is 2. The van der Waals surface area contributed by atoms with E-state index in [0.29, 0.717) is 0 Å². The smallest absolute Gasteiger partial charge is 0.411 e. The van der Waals surface area contributed by atoms with Gasteiger partial charge in [-0.1, -0.05) is 11.6 Å². The molecule has 1 N–H and O–H groups in total. The quantitative estimate of drug-likeness (QED) is 0.868. The van der Waals surface area contributed by atoms with Crippen molar-refractivity contribution < 1.29 is 23.6 Å². The van der Waals surface area contributed by atoms with Gasteiger partial charge in [0.2, 0.25) is 0 Å². The van der Waals surface area contributed by atoms with Gasteiger partial charge in [0.25, 0.3) is 5.91 Å². The SMILES string of the molecule is CCOC(=O)Nc1cc(C(=O)N(C)OC)c(Cl)cc1F. The van der Waals surface area contributed by atoms with Crippen LogP contribution in [0.25, 0.3) is 0 Å². The van der Waals surface area contributed by atoms with Gasteiger partial charge < -0.3 is 4.74 Å². The van der Waals surface area contributed by atoms with E-state index in [4.69, 9.17) is 16.4 Å². The van der Waals surface area contributed by atoms with Crippen LogP contribution in [0, 0.1) is 5.82 Å². The number of ether oxygens (including phenoxy) is 1. The van der Waals surface area contributed by atoms with E-state index in [2.05, 4.69) is 10.1 Å². The molecule has 0 aromatic heterocycles. The number of hydrogen-bond acceptors (Lipinski definition) is 4. The lowest BCUT2D eigenvalue weighted by Gasteiger charge is -2.15. The first-order chi connectivity index (χ1) is 9.40. The molecule has 1 aromatic carbocycles. The topological polar surface area (TPSA) is 67.9 Å². The van der Waals surface area contributed by atoms with E-state index in [1.807, 2.05) is 0 Å². The third-order valence-corrected chi connectivity index (χ3v) is 2.67. The molecule has 2 amide bonds. The Kier molecular flexibility index (Phi) is 5.72. The second-order valence-corrected chi connectivity index (χ2v) is 4.05. The number of carbonyl (C=O) groups excluding carboxylic acids is 2. The maximum absolute atomic E-state index is 13.7. The van der Waals surface area contributed by atoms with Crippen LogP contribution in [0.15, 0.2) is 12.1 Å². The van der Waals surface area contributed by atoms with Crippen molar-refractivity contribution in [1.82, 2.24) is 5.06 Å². The number of anilines is 1. The van der Waals surface area contributed by atoms with E-state index in [1.165, 1.54) is 14.2 Å². The zero-order valence-electron chi connectivity index (χ0n) is 11.2. The summed E-state index contributed by atoms with van der Waals surface area (Å²) in [6, 6.07) is 2.05. The number of rotatable bonds is 4. The number of nitrogens with one attached hydrogen (secondary N) is 1. The van der Waals surface area contributed by atoms with Crippen molar-refractivity contribution in [3.63, 3.8) is 0 Å². The van der Waals surface area contributed by atoms with Gasteiger partial charge in [-0.3, -0.25) is 14.9 Å². The molecule has 0 aliphatic carbocycles. The number of nitrogens with zero attached hydrogens (tertiary/aromatic N) is 1. The largest absolute Gasteiger partial charge is 0.450 e. The predicted molar refractivity (Wildman–Crippen MR) is 71.2 cm³/mol. The number of halogens is 2. The van der Waals surface area contributed by atoms with Crippen LogP contribution in [0.2, 0.25) is 5.02 Å². The lowest BCUT2D eigenvalue weighted by molar-refractivity contribution is -0.0756. The predicted octanol–water partition coefficient (Wildman–Crippen LogP) is 2.68. The second kappa shape index (κ2) is 7.06. The summed E-state index contributed by atoms with van der Waals surface area (Å²) in [6.45, 7) is 1.75. The highest BCUT2D eigenvalue weighted by molar-refractivity contribution is 6.34. The van der Waals surface area contributed by atoms with Gasteiger partial charge in [0, 0.05) is 7.05 Å². The molecule has 1 rings (SSSR count). The minimum Gasteiger partial charge on any atom is -0.450 e. The summed E-state index contributed by atoms with van der Waals surface area (Å²) in [7, 11) is 2.67. The lowest BCUT2D eigenvalue weighted by Crippen LogP contribution is -2.26. The maximum atomic E-state index is 13.7. The normalized spacial score (nSPS) is 10.1. The van der Waals surface area contributed by atoms with E-state index in [1.54, 1.807) is 6.92 Å². The highest BCUT2D eigenvalue weighted by Crippen LogP contribution is 2.25. The average Bonchev–Trinajstić information content (AvgIpc) is 2.40. The van der Waals surface area contributed by atoms with Gasteiger partial charge in [-0.25, -0.2) is 14.2 Å². The van der Waals surface area contributed by atoms with Crippen molar-refractivity contribution in [1.29, 1.82) is 0 Å². The third-order valence-electron chi connectivity index (χ3n) is 2.36. The third kappa shape index (κ3) is 3.82. The van der Waals surface area contributed by atoms with Crippen LogP contribution in [0.4, 0.5) is 14.9 Å². The standard InChI is InChI=1S/C12H14ClFN2O4/c1-4-20-12(18)15-10-5-7(8(13)6-9(10)14)11(17)16(2)19-3/h5-6H,4H2,1-3H3,(H,15,18). The van der Waals surface area contributed by atoms with Crippen molar-refractivity contribution >= 4 is 29.3 Å². The van der Waals surface area contributed by atoms with Crippen LogP contribution in [0.3, 0.4) is 0 Å².